The molecule has 0 amide bonds. The van der Waals surface area contributed by atoms with E-state index in [1.807, 2.05) is 0 Å². The molecule has 1 heterocycles. The summed E-state index contributed by atoms with van der Waals surface area (Å²) in [5.74, 6) is 2.81. The van der Waals surface area contributed by atoms with Crippen molar-refractivity contribution in [1.29, 1.82) is 0 Å². The first-order valence-corrected chi connectivity index (χ1v) is 6.96. The van der Waals surface area contributed by atoms with Crippen LogP contribution in [0.2, 0.25) is 0 Å². The zero-order valence-electron chi connectivity index (χ0n) is 11.0. The van der Waals surface area contributed by atoms with Crippen LogP contribution in [0, 0.1) is 29.6 Å². The smallest absolute Gasteiger partial charge is 0.309 e. The molecule has 6 unspecified atom stereocenters. The summed E-state index contributed by atoms with van der Waals surface area (Å²) < 4.78 is 5.69. The first-order valence-electron chi connectivity index (χ1n) is 6.96. The zero-order chi connectivity index (χ0) is 12.2. The molecule has 94 valence electrons. The van der Waals surface area contributed by atoms with Gasteiger partial charge >= 0.3 is 5.97 Å². The van der Waals surface area contributed by atoms with E-state index in [2.05, 4.69) is 26.8 Å². The molecule has 0 aromatic carbocycles. The van der Waals surface area contributed by atoms with Gasteiger partial charge in [-0.05, 0) is 43.1 Å². The molecule has 2 aliphatic carbocycles. The Hall–Kier alpha value is -0.790. The van der Waals surface area contributed by atoms with Gasteiger partial charge in [-0.25, -0.2) is 0 Å². The van der Waals surface area contributed by atoms with E-state index in [0.717, 1.165) is 11.8 Å². The van der Waals surface area contributed by atoms with Gasteiger partial charge in [-0.2, -0.15) is 0 Å². The summed E-state index contributed by atoms with van der Waals surface area (Å²) in [6, 6.07) is 0. The van der Waals surface area contributed by atoms with E-state index in [0.29, 0.717) is 11.8 Å². The summed E-state index contributed by atoms with van der Waals surface area (Å²) in [4.78, 5) is 11.9. The molecule has 2 nitrogen and oxygen atoms in total. The van der Waals surface area contributed by atoms with Crippen molar-refractivity contribution >= 4 is 5.97 Å². The topological polar surface area (TPSA) is 26.3 Å². The van der Waals surface area contributed by atoms with Crippen LogP contribution in [0.15, 0.2) is 11.6 Å². The maximum atomic E-state index is 11.9. The molecule has 0 radical (unpaired) electrons. The number of allylic oxidation sites excluding steroid dienone is 1. The second kappa shape index (κ2) is 3.86. The molecule has 0 aromatic heterocycles. The van der Waals surface area contributed by atoms with E-state index in [-0.39, 0.29) is 18.0 Å². The Morgan fingerprint density at radius 2 is 2.00 bits per heavy atom. The third-order valence-corrected chi connectivity index (χ3v) is 5.44. The van der Waals surface area contributed by atoms with Gasteiger partial charge < -0.3 is 4.74 Å². The number of rotatable bonds is 0. The van der Waals surface area contributed by atoms with Crippen LogP contribution in [0.3, 0.4) is 0 Å². The van der Waals surface area contributed by atoms with Crippen LogP contribution in [0.4, 0.5) is 0 Å². The fourth-order valence-corrected chi connectivity index (χ4v) is 4.30. The Kier molecular flexibility index (Phi) is 2.57. The lowest BCUT2D eigenvalue weighted by Crippen LogP contribution is -2.52. The number of carbonyl (C=O) groups is 1. The van der Waals surface area contributed by atoms with Gasteiger partial charge in [-0.1, -0.05) is 26.3 Å². The van der Waals surface area contributed by atoms with Crippen molar-refractivity contribution in [2.24, 2.45) is 29.6 Å². The molecule has 0 aromatic rings. The minimum absolute atomic E-state index is 0.0270. The SMILES string of the molecule is CC1=CCC2C(C)CCC3C(C)C(=O)OC1C23. The van der Waals surface area contributed by atoms with Crippen LogP contribution in [-0.4, -0.2) is 12.1 Å². The third kappa shape index (κ3) is 1.56. The van der Waals surface area contributed by atoms with Crippen molar-refractivity contribution in [2.45, 2.75) is 46.1 Å². The summed E-state index contributed by atoms with van der Waals surface area (Å²) >= 11 is 0. The molecule has 3 aliphatic rings. The first-order chi connectivity index (χ1) is 8.09. The van der Waals surface area contributed by atoms with Crippen LogP contribution >= 0.6 is 0 Å². The van der Waals surface area contributed by atoms with Gasteiger partial charge in [-0.3, -0.25) is 4.79 Å². The average Bonchev–Trinajstić information content (AvgIpc) is 2.31. The molecule has 1 saturated heterocycles. The largest absolute Gasteiger partial charge is 0.457 e. The second-order valence-electron chi connectivity index (χ2n) is 6.29. The molecule has 2 fully saturated rings. The van der Waals surface area contributed by atoms with Crippen LogP contribution in [-0.2, 0) is 9.53 Å². The fraction of sp³-hybridized carbons (Fsp3) is 0.800. The fourth-order valence-electron chi connectivity index (χ4n) is 4.30. The summed E-state index contributed by atoms with van der Waals surface area (Å²) in [5.41, 5.74) is 1.28. The Balaban J connectivity index is 1.99. The molecule has 2 heteroatoms. The predicted octanol–water partition coefficient (Wildman–Crippen LogP) is 3.18. The third-order valence-electron chi connectivity index (χ3n) is 5.44. The van der Waals surface area contributed by atoms with E-state index in [9.17, 15) is 4.79 Å². The van der Waals surface area contributed by atoms with Crippen molar-refractivity contribution in [2.75, 3.05) is 0 Å². The van der Waals surface area contributed by atoms with Crippen molar-refractivity contribution in [3.8, 4) is 0 Å². The summed E-state index contributed by atoms with van der Waals surface area (Å²) in [6.07, 6.45) is 6.07. The van der Waals surface area contributed by atoms with Crippen LogP contribution in [0.1, 0.15) is 40.0 Å². The maximum absolute atomic E-state index is 11.9. The molecular formula is C15H22O2. The predicted molar refractivity (Wildman–Crippen MR) is 66.3 cm³/mol. The van der Waals surface area contributed by atoms with Crippen molar-refractivity contribution in [3.05, 3.63) is 11.6 Å². The van der Waals surface area contributed by atoms with Crippen molar-refractivity contribution in [1.82, 2.24) is 0 Å². The Bertz CT molecular complexity index is 371. The van der Waals surface area contributed by atoms with E-state index in [1.54, 1.807) is 0 Å². The molecule has 3 rings (SSSR count). The highest BCUT2D eigenvalue weighted by atomic mass is 16.5. The Morgan fingerprint density at radius 3 is 2.76 bits per heavy atom. The van der Waals surface area contributed by atoms with Crippen LogP contribution in [0.25, 0.3) is 0 Å². The van der Waals surface area contributed by atoms with Gasteiger partial charge in [0.15, 0.2) is 0 Å². The van der Waals surface area contributed by atoms with Gasteiger partial charge in [0.05, 0.1) is 5.92 Å². The molecule has 1 aliphatic heterocycles. The highest BCUT2D eigenvalue weighted by molar-refractivity contribution is 5.74. The van der Waals surface area contributed by atoms with Crippen LogP contribution in [0.5, 0.6) is 0 Å². The molecule has 0 N–H and O–H groups in total. The number of ether oxygens (including phenoxy) is 1. The lowest BCUT2D eigenvalue weighted by Gasteiger charge is -2.52. The van der Waals surface area contributed by atoms with Crippen molar-refractivity contribution < 1.29 is 9.53 Å². The van der Waals surface area contributed by atoms with Crippen molar-refractivity contribution in [3.63, 3.8) is 0 Å². The number of carbonyl (C=O) groups excluding carboxylic acids is 1. The molecule has 17 heavy (non-hydrogen) atoms. The summed E-state index contributed by atoms with van der Waals surface area (Å²) in [7, 11) is 0. The lowest BCUT2D eigenvalue weighted by molar-refractivity contribution is -0.177. The minimum atomic E-state index is 0.0270. The van der Waals surface area contributed by atoms with Gasteiger partial charge in [0, 0.05) is 5.92 Å². The molecule has 6 atom stereocenters. The molecular weight excluding hydrogens is 212 g/mol. The van der Waals surface area contributed by atoms with E-state index in [4.69, 9.17) is 4.74 Å². The molecule has 0 spiro atoms. The highest BCUT2D eigenvalue weighted by Crippen LogP contribution is 2.52. The number of hydrogen-bond donors (Lipinski definition) is 0. The van der Waals surface area contributed by atoms with Gasteiger partial charge in [-0.15, -0.1) is 0 Å². The van der Waals surface area contributed by atoms with Gasteiger partial charge in [0.25, 0.3) is 0 Å². The maximum Gasteiger partial charge on any atom is 0.309 e. The second-order valence-corrected chi connectivity index (χ2v) is 6.29. The summed E-state index contributed by atoms with van der Waals surface area (Å²) in [5, 5.41) is 0. The Morgan fingerprint density at radius 1 is 1.24 bits per heavy atom. The lowest BCUT2D eigenvalue weighted by atomic mass is 9.57. The van der Waals surface area contributed by atoms with E-state index in [1.165, 1.54) is 24.8 Å². The number of hydrogen-bond acceptors (Lipinski definition) is 2. The number of esters is 1. The zero-order valence-corrected chi connectivity index (χ0v) is 11.0. The molecule has 1 saturated carbocycles. The monoisotopic (exact) mass is 234 g/mol. The standard InChI is InChI=1S/C15H22O2/c1-8-4-7-12-10(3)15(16)17-14-9(2)5-6-11(8)13(12)14/h5,8,10-14H,4,6-7H2,1-3H3. The highest BCUT2D eigenvalue weighted by Gasteiger charge is 2.51. The average molecular weight is 234 g/mol. The van der Waals surface area contributed by atoms with E-state index >= 15 is 0 Å². The quantitative estimate of drug-likeness (QED) is 0.475. The van der Waals surface area contributed by atoms with Gasteiger partial charge in [0.2, 0.25) is 0 Å². The summed E-state index contributed by atoms with van der Waals surface area (Å²) in [6.45, 7) is 6.55. The van der Waals surface area contributed by atoms with Gasteiger partial charge in [0.1, 0.15) is 6.10 Å². The van der Waals surface area contributed by atoms with E-state index < -0.39 is 0 Å². The first kappa shape index (κ1) is 11.3. The molecule has 0 bridgehead atoms. The minimum Gasteiger partial charge on any atom is -0.457 e. The normalized spacial score (nSPS) is 49.1. The Labute approximate surface area is 103 Å². The van der Waals surface area contributed by atoms with Crippen LogP contribution < -0.4 is 0 Å².